The van der Waals surface area contributed by atoms with Crippen LogP contribution in [0.4, 0.5) is 0 Å². The van der Waals surface area contributed by atoms with Gasteiger partial charge in [0.25, 0.3) is 0 Å². The van der Waals surface area contributed by atoms with Crippen molar-refractivity contribution in [3.63, 3.8) is 0 Å². The number of halogens is 2. The van der Waals surface area contributed by atoms with Crippen molar-refractivity contribution >= 4 is 23.2 Å². The van der Waals surface area contributed by atoms with E-state index < -0.39 is 0 Å². The van der Waals surface area contributed by atoms with Gasteiger partial charge in [0.15, 0.2) is 0 Å². The maximum Gasteiger partial charge on any atom is 0.0639 e. The summed E-state index contributed by atoms with van der Waals surface area (Å²) >= 11 is 12.4. The Hall–Kier alpha value is -0.280. The molecule has 4 heteroatoms. The minimum atomic E-state index is 0.249. The van der Waals surface area contributed by atoms with Crippen molar-refractivity contribution in [3.05, 3.63) is 33.8 Å². The highest BCUT2D eigenvalue weighted by Crippen LogP contribution is 2.32. The molecule has 3 unspecified atom stereocenters. The maximum absolute atomic E-state index is 6.31. The third kappa shape index (κ3) is 2.99. The van der Waals surface area contributed by atoms with E-state index in [0.29, 0.717) is 16.1 Å². The first-order valence-corrected chi connectivity index (χ1v) is 8.34. The van der Waals surface area contributed by atoms with E-state index in [-0.39, 0.29) is 6.04 Å². The zero-order valence-corrected chi connectivity index (χ0v) is 13.4. The van der Waals surface area contributed by atoms with Crippen LogP contribution in [-0.2, 0) is 0 Å². The molecule has 0 aliphatic carbocycles. The van der Waals surface area contributed by atoms with Crippen molar-refractivity contribution in [2.45, 2.75) is 50.7 Å². The molecule has 20 heavy (non-hydrogen) atoms. The number of piperidine rings is 1. The molecule has 0 radical (unpaired) electrons. The fourth-order valence-electron chi connectivity index (χ4n) is 3.67. The predicted molar refractivity (Wildman–Crippen MR) is 85.6 cm³/mol. The van der Waals surface area contributed by atoms with Gasteiger partial charge < -0.3 is 10.2 Å². The molecule has 3 rings (SSSR count). The Bertz CT molecular complexity index is 478. The fourth-order valence-corrected chi connectivity index (χ4v) is 4.15. The molecule has 2 aliphatic heterocycles. The molecule has 1 N–H and O–H groups in total. The van der Waals surface area contributed by atoms with Gasteiger partial charge in [-0.1, -0.05) is 35.3 Å². The number of hydrogen-bond acceptors (Lipinski definition) is 2. The summed E-state index contributed by atoms with van der Waals surface area (Å²) in [7, 11) is 0. The van der Waals surface area contributed by atoms with Gasteiger partial charge in [0, 0.05) is 18.1 Å². The molecule has 1 aromatic rings. The lowest BCUT2D eigenvalue weighted by molar-refractivity contribution is 0.162. The third-order valence-corrected chi connectivity index (χ3v) is 5.59. The summed E-state index contributed by atoms with van der Waals surface area (Å²) in [5.41, 5.74) is 1.10. The standard InChI is InChI=1S/C16H22Cl2N2/c1-11(14-5-2-6-15(17)16(14)18)19-12-7-9-20-8-3-4-13(20)10-12/h2,5-6,11-13,19H,3-4,7-10H2,1H3. The van der Waals surface area contributed by atoms with Crippen LogP contribution in [-0.4, -0.2) is 30.1 Å². The second-order valence-corrected chi connectivity index (χ2v) is 6.87. The lowest BCUT2D eigenvalue weighted by atomic mass is 9.96. The van der Waals surface area contributed by atoms with Crippen LogP contribution in [0.2, 0.25) is 10.0 Å². The van der Waals surface area contributed by atoms with Crippen molar-refractivity contribution in [1.82, 2.24) is 10.2 Å². The Labute approximate surface area is 131 Å². The van der Waals surface area contributed by atoms with Gasteiger partial charge in [-0.15, -0.1) is 0 Å². The summed E-state index contributed by atoms with van der Waals surface area (Å²) in [5, 5.41) is 5.08. The van der Waals surface area contributed by atoms with E-state index >= 15 is 0 Å². The summed E-state index contributed by atoms with van der Waals surface area (Å²) in [5.74, 6) is 0. The molecule has 0 bridgehead atoms. The van der Waals surface area contributed by atoms with Crippen LogP contribution in [0.3, 0.4) is 0 Å². The summed E-state index contributed by atoms with van der Waals surface area (Å²) in [6, 6.07) is 7.52. The highest BCUT2D eigenvalue weighted by Gasteiger charge is 2.32. The molecule has 2 fully saturated rings. The number of benzene rings is 1. The average molecular weight is 313 g/mol. The van der Waals surface area contributed by atoms with Gasteiger partial charge in [0.1, 0.15) is 0 Å². The first kappa shape index (κ1) is 14.6. The van der Waals surface area contributed by atoms with E-state index in [1.165, 1.54) is 38.8 Å². The molecule has 0 saturated carbocycles. The van der Waals surface area contributed by atoms with Gasteiger partial charge in [-0.25, -0.2) is 0 Å². The van der Waals surface area contributed by atoms with Crippen LogP contribution in [0.5, 0.6) is 0 Å². The van der Waals surface area contributed by atoms with Crippen LogP contribution < -0.4 is 5.32 Å². The first-order valence-electron chi connectivity index (χ1n) is 7.59. The minimum absolute atomic E-state index is 0.249. The highest BCUT2D eigenvalue weighted by molar-refractivity contribution is 6.42. The molecule has 2 nitrogen and oxygen atoms in total. The van der Waals surface area contributed by atoms with Crippen molar-refractivity contribution in [2.75, 3.05) is 13.1 Å². The Morgan fingerprint density at radius 1 is 1.25 bits per heavy atom. The van der Waals surface area contributed by atoms with Crippen molar-refractivity contribution in [1.29, 1.82) is 0 Å². The number of nitrogens with one attached hydrogen (secondary N) is 1. The molecule has 110 valence electrons. The van der Waals surface area contributed by atoms with E-state index in [0.717, 1.165) is 11.6 Å². The number of rotatable bonds is 3. The van der Waals surface area contributed by atoms with E-state index in [2.05, 4.69) is 23.2 Å². The maximum atomic E-state index is 6.31. The second-order valence-electron chi connectivity index (χ2n) is 6.08. The van der Waals surface area contributed by atoms with E-state index in [4.69, 9.17) is 23.2 Å². The van der Waals surface area contributed by atoms with Gasteiger partial charge in [-0.05, 0) is 57.3 Å². The zero-order valence-electron chi connectivity index (χ0n) is 11.9. The Morgan fingerprint density at radius 2 is 2.10 bits per heavy atom. The van der Waals surface area contributed by atoms with Gasteiger partial charge in [0.2, 0.25) is 0 Å². The van der Waals surface area contributed by atoms with E-state index in [1.54, 1.807) is 0 Å². The summed E-state index contributed by atoms with van der Waals surface area (Å²) < 4.78 is 0. The van der Waals surface area contributed by atoms with Crippen molar-refractivity contribution in [2.24, 2.45) is 0 Å². The number of fused-ring (bicyclic) bond motifs is 1. The largest absolute Gasteiger partial charge is 0.307 e. The smallest absolute Gasteiger partial charge is 0.0639 e. The van der Waals surface area contributed by atoms with Crippen LogP contribution in [0.1, 0.15) is 44.2 Å². The van der Waals surface area contributed by atoms with Crippen molar-refractivity contribution in [3.8, 4) is 0 Å². The van der Waals surface area contributed by atoms with E-state index in [9.17, 15) is 0 Å². The van der Waals surface area contributed by atoms with Crippen LogP contribution in [0, 0.1) is 0 Å². The molecule has 2 heterocycles. The molecule has 0 amide bonds. The molecular weight excluding hydrogens is 291 g/mol. The first-order chi connectivity index (χ1) is 9.65. The normalized spacial score (nSPS) is 28.4. The number of hydrogen-bond donors (Lipinski definition) is 1. The second kappa shape index (κ2) is 6.23. The topological polar surface area (TPSA) is 15.3 Å². The van der Waals surface area contributed by atoms with Gasteiger partial charge >= 0.3 is 0 Å². The fraction of sp³-hybridized carbons (Fsp3) is 0.625. The molecule has 0 spiro atoms. The monoisotopic (exact) mass is 312 g/mol. The molecule has 1 aromatic carbocycles. The van der Waals surface area contributed by atoms with Crippen LogP contribution in [0.25, 0.3) is 0 Å². The number of nitrogens with zero attached hydrogens (tertiary/aromatic N) is 1. The lowest BCUT2D eigenvalue weighted by Gasteiger charge is -2.36. The molecule has 2 saturated heterocycles. The lowest BCUT2D eigenvalue weighted by Crippen LogP contribution is -2.46. The van der Waals surface area contributed by atoms with Gasteiger partial charge in [0.05, 0.1) is 10.0 Å². The molecule has 3 atom stereocenters. The van der Waals surface area contributed by atoms with E-state index in [1.807, 2.05) is 12.1 Å². The Balaban J connectivity index is 1.64. The average Bonchev–Trinajstić information content (AvgIpc) is 2.89. The molecular formula is C16H22Cl2N2. The van der Waals surface area contributed by atoms with Crippen LogP contribution >= 0.6 is 23.2 Å². The predicted octanol–water partition coefficient (Wildman–Crippen LogP) is 4.27. The van der Waals surface area contributed by atoms with Crippen LogP contribution in [0.15, 0.2) is 18.2 Å². The Kier molecular flexibility index (Phi) is 4.56. The zero-order chi connectivity index (χ0) is 14.1. The minimum Gasteiger partial charge on any atom is -0.307 e. The quantitative estimate of drug-likeness (QED) is 0.896. The third-order valence-electron chi connectivity index (χ3n) is 4.75. The van der Waals surface area contributed by atoms with Gasteiger partial charge in [-0.2, -0.15) is 0 Å². The molecule has 2 aliphatic rings. The Morgan fingerprint density at radius 3 is 2.95 bits per heavy atom. The summed E-state index contributed by atoms with van der Waals surface area (Å²) in [6.45, 7) is 4.71. The highest BCUT2D eigenvalue weighted by atomic mass is 35.5. The SMILES string of the molecule is CC(NC1CCN2CCCC2C1)c1cccc(Cl)c1Cl. The summed E-state index contributed by atoms with van der Waals surface area (Å²) in [4.78, 5) is 2.65. The molecule has 0 aromatic heterocycles. The summed E-state index contributed by atoms with van der Waals surface area (Å²) in [6.07, 6.45) is 5.24. The van der Waals surface area contributed by atoms with Crippen molar-refractivity contribution < 1.29 is 0 Å². The van der Waals surface area contributed by atoms with Gasteiger partial charge in [-0.3, -0.25) is 0 Å².